The van der Waals surface area contributed by atoms with Crippen LogP contribution in [0.4, 0.5) is 4.39 Å². The van der Waals surface area contributed by atoms with Crippen molar-refractivity contribution in [3.05, 3.63) is 53.0 Å². The molecule has 1 aromatic carbocycles. The first-order valence-corrected chi connectivity index (χ1v) is 6.16. The van der Waals surface area contributed by atoms with Crippen LogP contribution in [0.3, 0.4) is 0 Å². The van der Waals surface area contributed by atoms with E-state index in [0.717, 1.165) is 0 Å². The second-order valence-electron chi connectivity index (χ2n) is 4.20. The van der Waals surface area contributed by atoms with Crippen LogP contribution in [0.25, 0.3) is 16.7 Å². The molecule has 0 radical (unpaired) electrons. The zero-order chi connectivity index (χ0) is 14.1. The summed E-state index contributed by atoms with van der Waals surface area (Å²) in [4.78, 5) is 16.4. The van der Waals surface area contributed by atoms with Gasteiger partial charge in [0, 0.05) is 6.54 Å². The van der Waals surface area contributed by atoms with E-state index < -0.39 is 0 Å². The maximum Gasteiger partial charge on any atom is 0.282 e. The molecule has 0 fully saturated rings. The molecule has 3 aromatic rings. The van der Waals surface area contributed by atoms with E-state index in [1.54, 1.807) is 12.1 Å². The van der Waals surface area contributed by atoms with Gasteiger partial charge in [-0.1, -0.05) is 0 Å². The van der Waals surface area contributed by atoms with Gasteiger partial charge < -0.3 is 5.43 Å². The van der Waals surface area contributed by atoms with E-state index in [0.29, 0.717) is 23.3 Å². The molecule has 0 saturated carbocycles. The van der Waals surface area contributed by atoms with Crippen molar-refractivity contribution in [1.29, 1.82) is 0 Å². The molecule has 2 heterocycles. The Kier molecular flexibility index (Phi) is 2.94. The minimum atomic E-state index is -0.326. The van der Waals surface area contributed by atoms with E-state index in [2.05, 4.69) is 15.5 Å². The van der Waals surface area contributed by atoms with Crippen LogP contribution in [0.15, 0.2) is 41.6 Å². The first-order valence-electron chi connectivity index (χ1n) is 6.16. The number of halogens is 1. The predicted octanol–water partition coefficient (Wildman–Crippen LogP) is 1.28. The second kappa shape index (κ2) is 4.76. The van der Waals surface area contributed by atoms with Crippen molar-refractivity contribution in [2.75, 3.05) is 12.0 Å². The number of aromatic nitrogens is 4. The van der Waals surface area contributed by atoms with E-state index in [9.17, 15) is 9.18 Å². The van der Waals surface area contributed by atoms with Gasteiger partial charge in [0.15, 0.2) is 5.65 Å². The number of hydrogen-bond acceptors (Lipinski definition) is 4. The Hall–Kier alpha value is -2.70. The highest BCUT2D eigenvalue weighted by atomic mass is 19.1. The summed E-state index contributed by atoms with van der Waals surface area (Å²) in [6.07, 6.45) is 2.87. The molecule has 0 aliphatic carbocycles. The summed E-state index contributed by atoms with van der Waals surface area (Å²) in [6.45, 7) is 2.50. The fraction of sp³-hybridized carbons (Fsp3) is 0.154. The van der Waals surface area contributed by atoms with Gasteiger partial charge in [0.1, 0.15) is 17.5 Å². The standard InChI is InChI=1S/C13H12FN5O/c1-2-16-18-8-15-12-11(13(18)20)7-17-19(12)10-5-3-9(14)4-6-10/h3-8,16H,2H2,1H3. The highest BCUT2D eigenvalue weighted by Gasteiger charge is 2.11. The van der Waals surface area contributed by atoms with Gasteiger partial charge in [-0.2, -0.15) is 5.10 Å². The van der Waals surface area contributed by atoms with Gasteiger partial charge in [-0.05, 0) is 31.2 Å². The van der Waals surface area contributed by atoms with Gasteiger partial charge in [-0.3, -0.25) is 4.79 Å². The molecule has 3 rings (SSSR count). The van der Waals surface area contributed by atoms with Gasteiger partial charge in [0.05, 0.1) is 11.9 Å². The lowest BCUT2D eigenvalue weighted by Gasteiger charge is -2.06. The number of hydrogen-bond donors (Lipinski definition) is 1. The van der Waals surface area contributed by atoms with Crippen molar-refractivity contribution in [1.82, 2.24) is 19.4 Å². The lowest BCUT2D eigenvalue weighted by molar-refractivity contribution is 0.627. The van der Waals surface area contributed by atoms with Crippen molar-refractivity contribution >= 4 is 11.0 Å². The minimum Gasteiger partial charge on any atom is -0.322 e. The smallest absolute Gasteiger partial charge is 0.282 e. The average molecular weight is 273 g/mol. The molecule has 2 aromatic heterocycles. The third kappa shape index (κ3) is 1.93. The molecular weight excluding hydrogens is 261 g/mol. The van der Waals surface area contributed by atoms with Crippen molar-refractivity contribution in [2.45, 2.75) is 6.92 Å². The molecule has 0 saturated heterocycles. The fourth-order valence-corrected chi connectivity index (χ4v) is 1.97. The van der Waals surface area contributed by atoms with Crippen LogP contribution in [0.2, 0.25) is 0 Å². The average Bonchev–Trinajstić information content (AvgIpc) is 2.88. The first-order chi connectivity index (χ1) is 9.70. The van der Waals surface area contributed by atoms with Gasteiger partial charge in [0.25, 0.3) is 5.56 Å². The minimum absolute atomic E-state index is 0.217. The molecule has 7 heteroatoms. The second-order valence-corrected chi connectivity index (χ2v) is 4.20. The Morgan fingerprint density at radius 3 is 2.75 bits per heavy atom. The van der Waals surface area contributed by atoms with E-state index >= 15 is 0 Å². The maximum absolute atomic E-state index is 12.9. The summed E-state index contributed by atoms with van der Waals surface area (Å²) in [6, 6.07) is 5.84. The molecule has 0 spiro atoms. The van der Waals surface area contributed by atoms with Crippen LogP contribution in [0.1, 0.15) is 6.92 Å². The summed E-state index contributed by atoms with van der Waals surface area (Å²) in [7, 11) is 0. The maximum atomic E-state index is 12.9. The summed E-state index contributed by atoms with van der Waals surface area (Å²) < 4.78 is 15.8. The summed E-state index contributed by atoms with van der Waals surface area (Å²) in [5, 5.41) is 4.55. The number of rotatable bonds is 3. The molecule has 0 atom stereocenters. The first kappa shape index (κ1) is 12.3. The number of nitrogens with one attached hydrogen (secondary N) is 1. The van der Waals surface area contributed by atoms with Crippen LogP contribution >= 0.6 is 0 Å². The lowest BCUT2D eigenvalue weighted by Crippen LogP contribution is -2.28. The van der Waals surface area contributed by atoms with Crippen LogP contribution in [-0.2, 0) is 0 Å². The molecule has 20 heavy (non-hydrogen) atoms. The van der Waals surface area contributed by atoms with Gasteiger partial charge in [-0.25, -0.2) is 18.7 Å². The van der Waals surface area contributed by atoms with Crippen molar-refractivity contribution in [2.24, 2.45) is 0 Å². The monoisotopic (exact) mass is 273 g/mol. The number of benzene rings is 1. The molecule has 1 N–H and O–H groups in total. The van der Waals surface area contributed by atoms with Crippen LogP contribution in [-0.4, -0.2) is 26.0 Å². The van der Waals surface area contributed by atoms with Crippen LogP contribution in [0.5, 0.6) is 0 Å². The molecule has 0 aliphatic heterocycles. The molecule has 0 unspecified atom stereocenters. The normalized spacial score (nSPS) is 10.9. The highest BCUT2D eigenvalue weighted by Crippen LogP contribution is 2.13. The van der Waals surface area contributed by atoms with Gasteiger partial charge in [-0.15, -0.1) is 0 Å². The third-order valence-electron chi connectivity index (χ3n) is 2.89. The third-order valence-corrected chi connectivity index (χ3v) is 2.89. The fourth-order valence-electron chi connectivity index (χ4n) is 1.97. The highest BCUT2D eigenvalue weighted by molar-refractivity contribution is 5.74. The Morgan fingerprint density at radius 1 is 1.30 bits per heavy atom. The predicted molar refractivity (Wildman–Crippen MR) is 73.0 cm³/mol. The summed E-state index contributed by atoms with van der Waals surface area (Å²) in [5.41, 5.74) is 3.75. The van der Waals surface area contributed by atoms with Crippen LogP contribution < -0.4 is 11.0 Å². The SMILES string of the molecule is CCNn1cnc2c(cnn2-c2ccc(F)cc2)c1=O. The summed E-state index contributed by atoms with van der Waals surface area (Å²) >= 11 is 0. The van der Waals surface area contributed by atoms with E-state index in [-0.39, 0.29) is 11.4 Å². The lowest BCUT2D eigenvalue weighted by atomic mass is 10.3. The molecule has 0 amide bonds. The zero-order valence-electron chi connectivity index (χ0n) is 10.7. The number of fused-ring (bicyclic) bond motifs is 1. The Morgan fingerprint density at radius 2 is 2.05 bits per heavy atom. The topological polar surface area (TPSA) is 64.7 Å². The van der Waals surface area contributed by atoms with Crippen molar-refractivity contribution < 1.29 is 4.39 Å². The Balaban J connectivity index is 2.17. The van der Waals surface area contributed by atoms with Crippen molar-refractivity contribution in [3.63, 3.8) is 0 Å². The molecule has 102 valence electrons. The zero-order valence-corrected chi connectivity index (χ0v) is 10.7. The number of nitrogens with zero attached hydrogens (tertiary/aromatic N) is 4. The molecule has 0 bridgehead atoms. The van der Waals surface area contributed by atoms with E-state index in [1.807, 2.05) is 6.92 Å². The van der Waals surface area contributed by atoms with E-state index in [1.165, 1.54) is 34.0 Å². The molecular formula is C13H12FN5O. The molecule has 0 aliphatic rings. The molecule has 6 nitrogen and oxygen atoms in total. The largest absolute Gasteiger partial charge is 0.322 e. The van der Waals surface area contributed by atoms with E-state index in [4.69, 9.17) is 0 Å². The summed E-state index contributed by atoms with van der Waals surface area (Å²) in [5.74, 6) is -0.326. The van der Waals surface area contributed by atoms with Crippen LogP contribution in [0, 0.1) is 5.82 Å². The van der Waals surface area contributed by atoms with Gasteiger partial charge >= 0.3 is 0 Å². The van der Waals surface area contributed by atoms with Crippen molar-refractivity contribution in [3.8, 4) is 5.69 Å². The van der Waals surface area contributed by atoms with Gasteiger partial charge in [0.2, 0.25) is 0 Å². The Labute approximate surface area is 113 Å². The quantitative estimate of drug-likeness (QED) is 0.781. The Bertz CT molecular complexity index is 806.